The average Bonchev–Trinajstić information content (AvgIpc) is 2.38. The molecule has 3 nitrogen and oxygen atoms in total. The molecule has 1 aliphatic rings. The largest absolute Gasteiger partial charge is 0.384 e. The Bertz CT molecular complexity index is 414. The van der Waals surface area contributed by atoms with E-state index in [0.29, 0.717) is 0 Å². The molecule has 1 heterocycles. The first-order valence-electron chi connectivity index (χ1n) is 5.87. The quantitative estimate of drug-likeness (QED) is 0.766. The Hall–Kier alpha value is -1.34. The molecule has 90 valence electrons. The normalized spacial score (nSPS) is 16.3. The number of nitrogens with zero attached hydrogens (tertiary/aromatic N) is 1. The Morgan fingerprint density at radius 3 is 2.88 bits per heavy atom. The minimum atomic E-state index is -0.0896. The van der Waals surface area contributed by atoms with Gasteiger partial charge in [0.1, 0.15) is 6.61 Å². The summed E-state index contributed by atoms with van der Waals surface area (Å²) in [7, 11) is 0. The van der Waals surface area contributed by atoms with Gasteiger partial charge in [0.15, 0.2) is 0 Å². The Kier molecular flexibility index (Phi) is 4.57. The molecule has 0 atom stereocenters. The molecule has 1 aromatic carbocycles. The van der Waals surface area contributed by atoms with Gasteiger partial charge in [-0.3, -0.25) is 4.90 Å². The predicted molar refractivity (Wildman–Crippen MR) is 66.5 cm³/mol. The van der Waals surface area contributed by atoms with Gasteiger partial charge in [-0.1, -0.05) is 24.0 Å². The molecule has 3 heteroatoms. The van der Waals surface area contributed by atoms with E-state index in [2.05, 4.69) is 28.9 Å². The standard InChI is InChI=1S/C14H17NO2/c16-8-2-5-13-3-1-4-14(11-13)12-15-6-9-17-10-7-15/h1,3-4,11,16H,6-10,12H2. The predicted octanol–water partition coefficient (Wildman–Crippen LogP) is 0.863. The van der Waals surface area contributed by atoms with E-state index < -0.39 is 0 Å². The topological polar surface area (TPSA) is 32.7 Å². The first-order valence-corrected chi connectivity index (χ1v) is 5.87. The van der Waals surface area contributed by atoms with Crippen molar-refractivity contribution in [1.82, 2.24) is 4.90 Å². The second kappa shape index (κ2) is 6.41. The van der Waals surface area contributed by atoms with E-state index in [1.54, 1.807) is 0 Å². The van der Waals surface area contributed by atoms with Gasteiger partial charge in [0, 0.05) is 25.2 Å². The lowest BCUT2D eigenvalue weighted by Gasteiger charge is -2.26. The van der Waals surface area contributed by atoms with E-state index in [4.69, 9.17) is 9.84 Å². The lowest BCUT2D eigenvalue weighted by Crippen LogP contribution is -2.35. The first-order chi connectivity index (χ1) is 8.38. The summed E-state index contributed by atoms with van der Waals surface area (Å²) in [4.78, 5) is 2.38. The van der Waals surface area contributed by atoms with Crippen LogP contribution in [-0.4, -0.2) is 42.9 Å². The fourth-order valence-electron chi connectivity index (χ4n) is 1.91. The average molecular weight is 231 g/mol. The van der Waals surface area contributed by atoms with Crippen LogP contribution in [0.2, 0.25) is 0 Å². The fourth-order valence-corrected chi connectivity index (χ4v) is 1.91. The first kappa shape index (κ1) is 12.1. The van der Waals surface area contributed by atoms with Gasteiger partial charge in [-0.05, 0) is 17.7 Å². The Morgan fingerprint density at radius 1 is 1.29 bits per heavy atom. The Balaban J connectivity index is 2.00. The number of morpholine rings is 1. The van der Waals surface area contributed by atoms with Crippen molar-refractivity contribution in [2.45, 2.75) is 6.54 Å². The van der Waals surface area contributed by atoms with Gasteiger partial charge in [-0.15, -0.1) is 0 Å². The van der Waals surface area contributed by atoms with Crippen molar-refractivity contribution in [3.8, 4) is 11.8 Å². The highest BCUT2D eigenvalue weighted by atomic mass is 16.5. The second-order valence-electron chi connectivity index (χ2n) is 4.05. The van der Waals surface area contributed by atoms with Crippen LogP contribution in [0.15, 0.2) is 24.3 Å². The SMILES string of the molecule is OCC#Cc1cccc(CN2CCOCC2)c1. The molecule has 0 aromatic heterocycles. The van der Waals surface area contributed by atoms with Crippen molar-refractivity contribution < 1.29 is 9.84 Å². The van der Waals surface area contributed by atoms with Crippen molar-refractivity contribution >= 4 is 0 Å². The van der Waals surface area contributed by atoms with E-state index in [1.807, 2.05) is 12.1 Å². The lowest BCUT2D eigenvalue weighted by molar-refractivity contribution is 0.0342. The van der Waals surface area contributed by atoms with E-state index >= 15 is 0 Å². The van der Waals surface area contributed by atoms with Gasteiger partial charge in [-0.2, -0.15) is 0 Å². The zero-order chi connectivity index (χ0) is 11.9. The smallest absolute Gasteiger partial charge is 0.104 e. The zero-order valence-corrected chi connectivity index (χ0v) is 9.85. The molecule has 0 bridgehead atoms. The Morgan fingerprint density at radius 2 is 2.12 bits per heavy atom. The van der Waals surface area contributed by atoms with Crippen LogP contribution < -0.4 is 0 Å². The van der Waals surface area contributed by atoms with Crippen LogP contribution in [-0.2, 0) is 11.3 Å². The highest BCUT2D eigenvalue weighted by molar-refractivity contribution is 5.37. The molecule has 1 aliphatic heterocycles. The highest BCUT2D eigenvalue weighted by Gasteiger charge is 2.10. The minimum Gasteiger partial charge on any atom is -0.384 e. The molecule has 0 saturated carbocycles. The number of rotatable bonds is 2. The summed E-state index contributed by atoms with van der Waals surface area (Å²) in [5.41, 5.74) is 2.22. The number of benzene rings is 1. The molecule has 2 rings (SSSR count). The summed E-state index contributed by atoms with van der Waals surface area (Å²) in [5, 5.41) is 8.66. The van der Waals surface area contributed by atoms with Crippen LogP contribution in [0.4, 0.5) is 0 Å². The molecule has 0 unspecified atom stereocenters. The molecular weight excluding hydrogens is 214 g/mol. The van der Waals surface area contributed by atoms with Crippen LogP contribution >= 0.6 is 0 Å². The summed E-state index contributed by atoms with van der Waals surface area (Å²) in [5.74, 6) is 5.60. The maximum atomic E-state index is 8.66. The van der Waals surface area contributed by atoms with Crippen molar-refractivity contribution in [3.63, 3.8) is 0 Å². The van der Waals surface area contributed by atoms with Gasteiger partial charge in [0.05, 0.1) is 13.2 Å². The summed E-state index contributed by atoms with van der Waals surface area (Å²) >= 11 is 0. The van der Waals surface area contributed by atoms with Gasteiger partial charge < -0.3 is 9.84 Å². The van der Waals surface area contributed by atoms with Gasteiger partial charge in [0.2, 0.25) is 0 Å². The molecule has 1 fully saturated rings. The molecule has 1 saturated heterocycles. The highest BCUT2D eigenvalue weighted by Crippen LogP contribution is 2.09. The van der Waals surface area contributed by atoms with E-state index in [1.165, 1.54) is 5.56 Å². The molecular formula is C14H17NO2. The van der Waals surface area contributed by atoms with Gasteiger partial charge >= 0.3 is 0 Å². The van der Waals surface area contributed by atoms with Crippen molar-refractivity contribution in [2.75, 3.05) is 32.9 Å². The number of hydrogen-bond acceptors (Lipinski definition) is 3. The van der Waals surface area contributed by atoms with Crippen LogP contribution in [0, 0.1) is 11.8 Å². The number of hydrogen-bond donors (Lipinski definition) is 1. The van der Waals surface area contributed by atoms with Crippen molar-refractivity contribution in [1.29, 1.82) is 0 Å². The fraction of sp³-hybridized carbons (Fsp3) is 0.429. The summed E-state index contributed by atoms with van der Waals surface area (Å²) < 4.78 is 5.32. The molecule has 0 spiro atoms. The van der Waals surface area contributed by atoms with Crippen LogP contribution in [0.25, 0.3) is 0 Å². The van der Waals surface area contributed by atoms with Crippen molar-refractivity contribution in [3.05, 3.63) is 35.4 Å². The molecule has 0 aliphatic carbocycles. The van der Waals surface area contributed by atoms with E-state index in [0.717, 1.165) is 38.4 Å². The molecule has 0 amide bonds. The third-order valence-corrected chi connectivity index (χ3v) is 2.75. The van der Waals surface area contributed by atoms with Gasteiger partial charge in [0.25, 0.3) is 0 Å². The zero-order valence-electron chi connectivity index (χ0n) is 9.85. The monoisotopic (exact) mass is 231 g/mol. The maximum Gasteiger partial charge on any atom is 0.104 e. The Labute approximate surface area is 102 Å². The minimum absolute atomic E-state index is 0.0896. The van der Waals surface area contributed by atoms with Crippen LogP contribution in [0.5, 0.6) is 0 Å². The van der Waals surface area contributed by atoms with Crippen LogP contribution in [0.1, 0.15) is 11.1 Å². The third kappa shape index (κ3) is 3.86. The molecule has 1 aromatic rings. The molecule has 17 heavy (non-hydrogen) atoms. The molecule has 1 N–H and O–H groups in total. The van der Waals surface area contributed by atoms with Gasteiger partial charge in [-0.25, -0.2) is 0 Å². The third-order valence-electron chi connectivity index (χ3n) is 2.75. The summed E-state index contributed by atoms with van der Waals surface area (Å²) in [6, 6.07) is 8.17. The number of ether oxygens (including phenoxy) is 1. The summed E-state index contributed by atoms with van der Waals surface area (Å²) in [6.45, 7) is 4.48. The van der Waals surface area contributed by atoms with Crippen molar-refractivity contribution in [2.24, 2.45) is 0 Å². The lowest BCUT2D eigenvalue weighted by atomic mass is 10.1. The van der Waals surface area contributed by atoms with Crippen LogP contribution in [0.3, 0.4) is 0 Å². The van der Waals surface area contributed by atoms with E-state index in [-0.39, 0.29) is 6.61 Å². The second-order valence-corrected chi connectivity index (χ2v) is 4.05. The van der Waals surface area contributed by atoms with E-state index in [9.17, 15) is 0 Å². The number of aliphatic hydroxyl groups is 1. The summed E-state index contributed by atoms with van der Waals surface area (Å²) in [6.07, 6.45) is 0. The number of aliphatic hydroxyl groups excluding tert-OH is 1. The maximum absolute atomic E-state index is 8.66. The molecule has 0 radical (unpaired) electrons.